The number of H-pyrrole nitrogens is 1. The molecule has 0 aliphatic heterocycles. The number of nitrogens with zero attached hydrogens (tertiary/aromatic N) is 1. The summed E-state index contributed by atoms with van der Waals surface area (Å²) in [5.74, 6) is 0.974. The second-order valence-corrected chi connectivity index (χ2v) is 3.75. The highest BCUT2D eigenvalue weighted by Crippen LogP contribution is 2.19. The largest absolute Gasteiger partial charge is 0.368 e. The maximum atomic E-state index is 4.26. The number of aromatic nitrogens is 2. The molecule has 1 heterocycles. The molecule has 15 heavy (non-hydrogen) atoms. The standard InChI is InChI=1S/C12H17N3/c1-2-3-6-9-13-12-10-7-4-5-8-11(10)14-15-12/h4-5,7-8H,2-3,6,9H2,1H3,(H2,13,14,15). The fraction of sp³-hybridized carbons (Fsp3) is 0.417. The summed E-state index contributed by atoms with van der Waals surface area (Å²) in [6, 6.07) is 8.18. The van der Waals surface area contributed by atoms with Gasteiger partial charge in [-0.2, -0.15) is 5.10 Å². The normalized spacial score (nSPS) is 10.7. The summed E-state index contributed by atoms with van der Waals surface area (Å²) >= 11 is 0. The minimum absolute atomic E-state index is 0.974. The summed E-state index contributed by atoms with van der Waals surface area (Å²) in [7, 11) is 0. The first-order chi connectivity index (χ1) is 7.42. The van der Waals surface area contributed by atoms with E-state index in [0.29, 0.717) is 0 Å². The monoisotopic (exact) mass is 203 g/mol. The van der Waals surface area contributed by atoms with Crippen LogP contribution in [0.1, 0.15) is 26.2 Å². The minimum atomic E-state index is 0.974. The Morgan fingerprint density at radius 2 is 2.13 bits per heavy atom. The van der Waals surface area contributed by atoms with Gasteiger partial charge in [0.25, 0.3) is 0 Å². The maximum Gasteiger partial charge on any atom is 0.155 e. The Morgan fingerprint density at radius 3 is 3.00 bits per heavy atom. The van der Waals surface area contributed by atoms with Gasteiger partial charge in [0, 0.05) is 11.9 Å². The zero-order chi connectivity index (χ0) is 10.5. The molecule has 0 fully saturated rings. The van der Waals surface area contributed by atoms with E-state index < -0.39 is 0 Å². The first-order valence-electron chi connectivity index (χ1n) is 5.59. The molecular formula is C12H17N3. The van der Waals surface area contributed by atoms with Crippen LogP contribution >= 0.6 is 0 Å². The lowest BCUT2D eigenvalue weighted by Gasteiger charge is -2.01. The summed E-state index contributed by atoms with van der Waals surface area (Å²) in [5.41, 5.74) is 1.09. The van der Waals surface area contributed by atoms with Crippen LogP contribution in [0.25, 0.3) is 10.9 Å². The van der Waals surface area contributed by atoms with Crippen molar-refractivity contribution in [3.05, 3.63) is 24.3 Å². The molecule has 80 valence electrons. The fourth-order valence-corrected chi connectivity index (χ4v) is 1.68. The van der Waals surface area contributed by atoms with Crippen molar-refractivity contribution in [2.24, 2.45) is 0 Å². The van der Waals surface area contributed by atoms with Gasteiger partial charge in [0.1, 0.15) is 0 Å². The van der Waals surface area contributed by atoms with Crippen LogP contribution in [0.15, 0.2) is 24.3 Å². The van der Waals surface area contributed by atoms with Crippen LogP contribution in [-0.2, 0) is 0 Å². The van der Waals surface area contributed by atoms with Crippen LogP contribution in [0.4, 0.5) is 5.82 Å². The van der Waals surface area contributed by atoms with Gasteiger partial charge < -0.3 is 5.32 Å². The Balaban J connectivity index is 2.02. The number of hydrogen-bond donors (Lipinski definition) is 2. The SMILES string of the molecule is CCCCCNc1n[nH]c2ccccc12. The van der Waals surface area contributed by atoms with Crippen molar-refractivity contribution >= 4 is 16.7 Å². The molecule has 0 amide bonds. The second-order valence-electron chi connectivity index (χ2n) is 3.75. The smallest absolute Gasteiger partial charge is 0.155 e. The highest BCUT2D eigenvalue weighted by Gasteiger charge is 2.02. The molecule has 3 heteroatoms. The number of unbranched alkanes of at least 4 members (excludes halogenated alkanes) is 2. The first kappa shape index (κ1) is 10.0. The van der Waals surface area contributed by atoms with Crippen molar-refractivity contribution in [3.8, 4) is 0 Å². The molecule has 0 radical (unpaired) electrons. The van der Waals surface area contributed by atoms with Crippen molar-refractivity contribution in [2.75, 3.05) is 11.9 Å². The Kier molecular flexibility index (Phi) is 3.22. The predicted molar refractivity (Wildman–Crippen MR) is 64.1 cm³/mol. The van der Waals surface area contributed by atoms with Crippen LogP contribution in [0.3, 0.4) is 0 Å². The van der Waals surface area contributed by atoms with Gasteiger partial charge in [0.2, 0.25) is 0 Å². The molecule has 2 rings (SSSR count). The van der Waals surface area contributed by atoms with Gasteiger partial charge in [-0.15, -0.1) is 0 Å². The van der Waals surface area contributed by atoms with Crippen LogP contribution < -0.4 is 5.32 Å². The van der Waals surface area contributed by atoms with Gasteiger partial charge in [0.05, 0.1) is 5.52 Å². The van der Waals surface area contributed by atoms with Crippen LogP contribution in [0.5, 0.6) is 0 Å². The molecule has 0 bridgehead atoms. The first-order valence-corrected chi connectivity index (χ1v) is 5.59. The number of rotatable bonds is 5. The number of hydrogen-bond acceptors (Lipinski definition) is 2. The van der Waals surface area contributed by atoms with Crippen LogP contribution in [-0.4, -0.2) is 16.7 Å². The van der Waals surface area contributed by atoms with Gasteiger partial charge in [-0.1, -0.05) is 31.9 Å². The van der Waals surface area contributed by atoms with Crippen molar-refractivity contribution in [1.29, 1.82) is 0 Å². The van der Waals surface area contributed by atoms with E-state index in [9.17, 15) is 0 Å². The van der Waals surface area contributed by atoms with Gasteiger partial charge in [-0.25, -0.2) is 0 Å². The topological polar surface area (TPSA) is 40.7 Å². The lowest BCUT2D eigenvalue weighted by atomic mass is 10.2. The third-order valence-corrected chi connectivity index (χ3v) is 2.54. The lowest BCUT2D eigenvalue weighted by molar-refractivity contribution is 0.742. The third kappa shape index (κ3) is 2.29. The molecule has 0 atom stereocenters. The van der Waals surface area contributed by atoms with Crippen LogP contribution in [0, 0.1) is 0 Å². The number of anilines is 1. The molecule has 0 aliphatic carbocycles. The molecule has 1 aromatic carbocycles. The van der Waals surface area contributed by atoms with E-state index in [0.717, 1.165) is 17.9 Å². The molecule has 2 aromatic rings. The summed E-state index contributed by atoms with van der Waals surface area (Å²) in [5, 5.41) is 11.8. The Morgan fingerprint density at radius 1 is 1.27 bits per heavy atom. The minimum Gasteiger partial charge on any atom is -0.368 e. The van der Waals surface area contributed by atoms with E-state index in [1.165, 1.54) is 24.6 Å². The molecule has 0 saturated heterocycles. The van der Waals surface area contributed by atoms with Gasteiger partial charge in [0.15, 0.2) is 5.82 Å². The fourth-order valence-electron chi connectivity index (χ4n) is 1.68. The third-order valence-electron chi connectivity index (χ3n) is 2.54. The maximum absolute atomic E-state index is 4.26. The summed E-state index contributed by atoms with van der Waals surface area (Å²) < 4.78 is 0. The van der Waals surface area contributed by atoms with E-state index in [-0.39, 0.29) is 0 Å². The Bertz CT molecular complexity index is 419. The van der Waals surface area contributed by atoms with Crippen molar-refractivity contribution in [3.63, 3.8) is 0 Å². The molecule has 1 aromatic heterocycles. The van der Waals surface area contributed by atoms with Crippen molar-refractivity contribution < 1.29 is 0 Å². The molecular weight excluding hydrogens is 186 g/mol. The Hall–Kier alpha value is -1.51. The molecule has 3 nitrogen and oxygen atoms in total. The molecule has 2 N–H and O–H groups in total. The van der Waals surface area contributed by atoms with E-state index in [1.807, 2.05) is 18.2 Å². The van der Waals surface area contributed by atoms with E-state index in [1.54, 1.807) is 0 Å². The van der Waals surface area contributed by atoms with E-state index >= 15 is 0 Å². The number of benzene rings is 1. The van der Waals surface area contributed by atoms with Crippen molar-refractivity contribution in [2.45, 2.75) is 26.2 Å². The molecule has 0 spiro atoms. The molecule has 0 aliphatic rings. The zero-order valence-electron chi connectivity index (χ0n) is 9.09. The average molecular weight is 203 g/mol. The number of nitrogens with one attached hydrogen (secondary N) is 2. The lowest BCUT2D eigenvalue weighted by Crippen LogP contribution is -2.01. The summed E-state index contributed by atoms with van der Waals surface area (Å²) in [4.78, 5) is 0. The predicted octanol–water partition coefficient (Wildman–Crippen LogP) is 3.17. The quantitative estimate of drug-likeness (QED) is 0.733. The second kappa shape index (κ2) is 4.82. The van der Waals surface area contributed by atoms with E-state index in [4.69, 9.17) is 0 Å². The average Bonchev–Trinajstić information content (AvgIpc) is 2.68. The number of aromatic amines is 1. The number of fused-ring (bicyclic) bond motifs is 1. The highest BCUT2D eigenvalue weighted by atomic mass is 15.2. The number of para-hydroxylation sites is 1. The van der Waals surface area contributed by atoms with Gasteiger partial charge >= 0.3 is 0 Å². The van der Waals surface area contributed by atoms with Gasteiger partial charge in [-0.05, 0) is 18.6 Å². The summed E-state index contributed by atoms with van der Waals surface area (Å²) in [6.07, 6.45) is 3.73. The van der Waals surface area contributed by atoms with E-state index in [2.05, 4.69) is 28.5 Å². The Labute approximate surface area is 89.9 Å². The summed E-state index contributed by atoms with van der Waals surface area (Å²) in [6.45, 7) is 3.21. The van der Waals surface area contributed by atoms with Crippen LogP contribution in [0.2, 0.25) is 0 Å². The van der Waals surface area contributed by atoms with Crippen molar-refractivity contribution in [1.82, 2.24) is 10.2 Å². The molecule has 0 saturated carbocycles. The zero-order valence-corrected chi connectivity index (χ0v) is 9.09. The highest BCUT2D eigenvalue weighted by molar-refractivity contribution is 5.89. The molecule has 0 unspecified atom stereocenters. The van der Waals surface area contributed by atoms with Gasteiger partial charge in [-0.3, -0.25) is 5.10 Å².